The van der Waals surface area contributed by atoms with Gasteiger partial charge in [0, 0.05) is 29.5 Å². The van der Waals surface area contributed by atoms with Crippen molar-refractivity contribution in [3.8, 4) is 5.88 Å². The van der Waals surface area contributed by atoms with Gasteiger partial charge in [-0.2, -0.15) is 0 Å². The molecule has 10 heteroatoms. The van der Waals surface area contributed by atoms with Gasteiger partial charge in [0.05, 0.1) is 16.6 Å². The van der Waals surface area contributed by atoms with Crippen molar-refractivity contribution in [2.24, 2.45) is 0 Å². The first-order valence-electron chi connectivity index (χ1n) is 9.89. The third-order valence-corrected chi connectivity index (χ3v) is 5.51. The van der Waals surface area contributed by atoms with Gasteiger partial charge in [-0.05, 0) is 60.2 Å². The molecule has 1 aromatic heterocycles. The number of pyridine rings is 1. The zero-order chi connectivity index (χ0) is 23.7. The molecule has 0 atom stereocenters. The van der Waals surface area contributed by atoms with Crippen LogP contribution in [-0.2, 0) is 6.61 Å². The molecule has 0 saturated carbocycles. The Bertz CT molecular complexity index is 1280. The van der Waals surface area contributed by atoms with Crippen LogP contribution >= 0.6 is 11.6 Å². The molecule has 1 aliphatic carbocycles. The summed E-state index contributed by atoms with van der Waals surface area (Å²) in [4.78, 5) is 15.4. The molecule has 0 saturated heterocycles. The summed E-state index contributed by atoms with van der Waals surface area (Å²) in [6.07, 6.45) is 3.04. The van der Waals surface area contributed by atoms with Crippen molar-refractivity contribution >= 4 is 28.7 Å². The molecule has 0 unspecified atom stereocenters. The van der Waals surface area contributed by atoms with Gasteiger partial charge in [-0.15, -0.1) is 0 Å². The molecule has 0 amide bonds. The summed E-state index contributed by atoms with van der Waals surface area (Å²) in [5.41, 5.74) is 1.38. The maximum atomic E-state index is 14.1. The summed E-state index contributed by atoms with van der Waals surface area (Å²) in [5.74, 6) is -5.46. The molecule has 1 heterocycles. The molecule has 0 fully saturated rings. The molecule has 0 radical (unpaired) electrons. The first kappa shape index (κ1) is 26.2. The Balaban J connectivity index is 0.00000324. The van der Waals surface area contributed by atoms with E-state index < -0.39 is 41.4 Å². The van der Waals surface area contributed by atoms with Crippen LogP contribution in [0, 0.1) is 23.3 Å². The van der Waals surface area contributed by atoms with Crippen LogP contribution in [-0.4, -0.2) is 11.0 Å². The molecular formula is C24H15ClF4NNaO3. The molecule has 4 rings (SSSR count). The van der Waals surface area contributed by atoms with Gasteiger partial charge in [-0.3, -0.25) is 0 Å². The Labute approximate surface area is 219 Å². The summed E-state index contributed by atoms with van der Waals surface area (Å²) >= 11 is 6.12. The number of hydrogen-bond donors (Lipinski definition) is 0. The van der Waals surface area contributed by atoms with Gasteiger partial charge in [0.15, 0.2) is 0 Å². The van der Waals surface area contributed by atoms with E-state index in [9.17, 15) is 27.5 Å². The van der Waals surface area contributed by atoms with Gasteiger partial charge in [0.25, 0.3) is 0 Å². The van der Waals surface area contributed by atoms with E-state index in [1.807, 2.05) is 0 Å². The van der Waals surface area contributed by atoms with E-state index in [-0.39, 0.29) is 46.0 Å². The summed E-state index contributed by atoms with van der Waals surface area (Å²) in [6.45, 7) is -0.559. The molecule has 4 nitrogen and oxygen atoms in total. The number of ether oxygens (including phenoxy) is 1. The van der Waals surface area contributed by atoms with Crippen molar-refractivity contribution in [1.82, 2.24) is 4.98 Å². The SMILES string of the molecule is O=C([O-])c1cc(F)cc(C2=C(c3cc(Cl)cnc3OCc3c(F)cc(F)cc3F)CCC2)c1.[Na+]. The number of aromatic carboxylic acids is 1. The van der Waals surface area contributed by atoms with Crippen LogP contribution in [0.2, 0.25) is 5.02 Å². The van der Waals surface area contributed by atoms with E-state index in [0.29, 0.717) is 53.7 Å². The van der Waals surface area contributed by atoms with E-state index in [0.717, 1.165) is 6.07 Å². The summed E-state index contributed by atoms with van der Waals surface area (Å²) in [7, 11) is 0. The molecule has 34 heavy (non-hydrogen) atoms. The fourth-order valence-corrected chi connectivity index (χ4v) is 4.01. The van der Waals surface area contributed by atoms with Crippen molar-refractivity contribution in [3.05, 3.63) is 93.1 Å². The number of rotatable bonds is 6. The molecule has 1 aliphatic rings. The van der Waals surface area contributed by atoms with Crippen molar-refractivity contribution in [1.29, 1.82) is 0 Å². The fraction of sp³-hybridized carbons (Fsp3) is 0.167. The van der Waals surface area contributed by atoms with E-state index >= 15 is 0 Å². The van der Waals surface area contributed by atoms with Crippen LogP contribution in [0.15, 0.2) is 42.6 Å². The smallest absolute Gasteiger partial charge is 0.545 e. The first-order valence-corrected chi connectivity index (χ1v) is 10.3. The number of carbonyl (C=O) groups excluding carboxylic acids is 1. The van der Waals surface area contributed by atoms with Crippen LogP contribution in [0.1, 0.15) is 46.3 Å². The van der Waals surface area contributed by atoms with Crippen LogP contribution in [0.4, 0.5) is 17.6 Å². The maximum Gasteiger partial charge on any atom is 1.00 e. The molecule has 3 aromatic rings. The quantitative estimate of drug-likeness (QED) is 0.386. The summed E-state index contributed by atoms with van der Waals surface area (Å²) in [6, 6.07) is 6.06. The number of allylic oxidation sites excluding steroid dienone is 2. The molecule has 0 bridgehead atoms. The number of benzene rings is 2. The minimum Gasteiger partial charge on any atom is -0.545 e. The number of nitrogens with zero attached hydrogens (tertiary/aromatic N) is 1. The third-order valence-electron chi connectivity index (χ3n) is 5.30. The zero-order valence-electron chi connectivity index (χ0n) is 17.9. The van der Waals surface area contributed by atoms with Crippen molar-refractivity contribution in [3.63, 3.8) is 0 Å². The Morgan fingerprint density at radius 3 is 2.29 bits per heavy atom. The van der Waals surface area contributed by atoms with Gasteiger partial charge >= 0.3 is 29.6 Å². The zero-order valence-corrected chi connectivity index (χ0v) is 20.7. The predicted molar refractivity (Wildman–Crippen MR) is 111 cm³/mol. The second-order valence-corrected chi connectivity index (χ2v) is 7.91. The minimum absolute atomic E-state index is 0. The Morgan fingerprint density at radius 1 is 0.971 bits per heavy atom. The second kappa shape index (κ2) is 10.9. The largest absolute Gasteiger partial charge is 1.00 e. The van der Waals surface area contributed by atoms with Crippen molar-refractivity contribution < 1.29 is 61.8 Å². The van der Waals surface area contributed by atoms with Gasteiger partial charge in [0.2, 0.25) is 5.88 Å². The average molecular weight is 500 g/mol. The second-order valence-electron chi connectivity index (χ2n) is 7.47. The van der Waals surface area contributed by atoms with Gasteiger partial charge in [-0.25, -0.2) is 22.5 Å². The maximum absolute atomic E-state index is 14.1. The molecule has 170 valence electrons. The third kappa shape index (κ3) is 5.63. The van der Waals surface area contributed by atoms with Gasteiger partial charge in [0.1, 0.15) is 29.9 Å². The molecule has 0 N–H and O–H groups in total. The Kier molecular flexibility index (Phi) is 8.41. The predicted octanol–water partition coefficient (Wildman–Crippen LogP) is 2.33. The van der Waals surface area contributed by atoms with Crippen molar-refractivity contribution in [2.75, 3.05) is 0 Å². The molecular weight excluding hydrogens is 485 g/mol. The molecule has 2 aromatic carbocycles. The average Bonchev–Trinajstić information content (AvgIpc) is 3.23. The van der Waals surface area contributed by atoms with E-state index in [1.54, 1.807) is 6.07 Å². The summed E-state index contributed by atoms with van der Waals surface area (Å²) < 4.78 is 60.8. The Hall–Kier alpha value is -2.39. The number of carboxylic acid groups (broad SMARTS) is 1. The van der Waals surface area contributed by atoms with Crippen LogP contribution in [0.5, 0.6) is 5.88 Å². The number of halogens is 5. The standard InChI is InChI=1S/C24H16ClF4NO3.Na/c25-14-7-19(23(30-10-14)33-11-20-21(28)8-16(27)9-22(20)29)18-3-1-2-17(18)12-4-13(24(31)32)6-15(26)5-12;/h4-10H,1-3,11H2,(H,31,32);/q;+1/p-1. The Morgan fingerprint density at radius 2 is 1.62 bits per heavy atom. The normalized spacial score (nSPS) is 13.1. The number of aromatic nitrogens is 1. The number of carbonyl (C=O) groups is 1. The van der Waals surface area contributed by atoms with E-state index in [1.165, 1.54) is 18.3 Å². The number of carboxylic acids is 1. The van der Waals surface area contributed by atoms with Crippen LogP contribution in [0.3, 0.4) is 0 Å². The molecule has 0 spiro atoms. The number of hydrogen-bond acceptors (Lipinski definition) is 4. The topological polar surface area (TPSA) is 62.2 Å². The van der Waals surface area contributed by atoms with E-state index in [4.69, 9.17) is 16.3 Å². The van der Waals surface area contributed by atoms with Crippen LogP contribution < -0.4 is 39.4 Å². The van der Waals surface area contributed by atoms with Gasteiger partial charge in [-0.1, -0.05) is 11.6 Å². The minimum atomic E-state index is -1.51. The van der Waals surface area contributed by atoms with Crippen molar-refractivity contribution in [2.45, 2.75) is 25.9 Å². The first-order chi connectivity index (χ1) is 15.7. The summed E-state index contributed by atoms with van der Waals surface area (Å²) in [5, 5.41) is 11.5. The van der Waals surface area contributed by atoms with Crippen LogP contribution in [0.25, 0.3) is 11.1 Å². The van der Waals surface area contributed by atoms with Gasteiger partial charge < -0.3 is 14.6 Å². The monoisotopic (exact) mass is 499 g/mol. The molecule has 0 aliphatic heterocycles. The van der Waals surface area contributed by atoms with E-state index in [2.05, 4.69) is 4.98 Å². The fourth-order valence-electron chi connectivity index (χ4n) is 3.85.